The first-order valence-corrected chi connectivity index (χ1v) is 8.56. The minimum absolute atomic E-state index is 0.0325. The van der Waals surface area contributed by atoms with E-state index in [0.29, 0.717) is 0 Å². The van der Waals surface area contributed by atoms with Gasteiger partial charge in [-0.1, -0.05) is 28.8 Å². The number of rotatable bonds is 4. The molecule has 0 aromatic heterocycles. The number of nitrogens with one attached hydrogen (secondary N) is 1. The van der Waals surface area contributed by atoms with Gasteiger partial charge in [0.1, 0.15) is 0 Å². The largest absolute Gasteiger partial charge is 0.346 e. The number of halogens is 1. The van der Waals surface area contributed by atoms with Crippen LogP contribution in [0.5, 0.6) is 0 Å². The lowest BCUT2D eigenvalue weighted by molar-refractivity contribution is 0.0910. The Morgan fingerprint density at radius 1 is 1.33 bits per heavy atom. The molecule has 98 valence electrons. The van der Waals surface area contributed by atoms with Gasteiger partial charge in [-0.2, -0.15) is 0 Å². The van der Waals surface area contributed by atoms with Gasteiger partial charge < -0.3 is 5.32 Å². The molecule has 1 aromatic rings. The van der Waals surface area contributed by atoms with Gasteiger partial charge in [0.05, 0.1) is 5.54 Å². The number of alkyl halides is 1. The number of amides is 1. The van der Waals surface area contributed by atoms with Crippen molar-refractivity contribution in [3.05, 3.63) is 29.8 Å². The minimum Gasteiger partial charge on any atom is -0.346 e. The van der Waals surface area contributed by atoms with Crippen molar-refractivity contribution in [2.24, 2.45) is 0 Å². The van der Waals surface area contributed by atoms with Crippen LogP contribution in [0, 0.1) is 0 Å². The SMILES string of the molecule is CSc1ccc(C(=O)NC2(CBr)CCCC2)cc1. The maximum atomic E-state index is 12.2. The number of hydrogen-bond donors (Lipinski definition) is 1. The van der Waals surface area contributed by atoms with Crippen LogP contribution in [0.1, 0.15) is 36.0 Å². The highest BCUT2D eigenvalue weighted by Crippen LogP contribution is 2.31. The van der Waals surface area contributed by atoms with Gasteiger partial charge in [0.25, 0.3) is 5.91 Å². The zero-order valence-electron chi connectivity index (χ0n) is 10.5. The lowest BCUT2D eigenvalue weighted by Crippen LogP contribution is -2.47. The molecule has 0 aliphatic heterocycles. The quantitative estimate of drug-likeness (QED) is 0.672. The molecule has 0 unspecified atom stereocenters. The molecule has 2 rings (SSSR count). The smallest absolute Gasteiger partial charge is 0.251 e. The van der Waals surface area contributed by atoms with Crippen molar-refractivity contribution in [3.63, 3.8) is 0 Å². The minimum atomic E-state index is -0.0325. The summed E-state index contributed by atoms with van der Waals surface area (Å²) in [6.45, 7) is 0. The highest BCUT2D eigenvalue weighted by molar-refractivity contribution is 9.09. The Hall–Kier alpha value is -0.480. The van der Waals surface area contributed by atoms with Gasteiger partial charge in [-0.25, -0.2) is 0 Å². The molecule has 18 heavy (non-hydrogen) atoms. The van der Waals surface area contributed by atoms with E-state index in [0.717, 1.165) is 23.7 Å². The first kappa shape index (κ1) is 13.9. The third-order valence-electron chi connectivity index (χ3n) is 3.55. The summed E-state index contributed by atoms with van der Waals surface area (Å²) in [7, 11) is 0. The number of carbonyl (C=O) groups is 1. The monoisotopic (exact) mass is 327 g/mol. The van der Waals surface area contributed by atoms with Crippen LogP contribution in [0.4, 0.5) is 0 Å². The standard InChI is InChI=1S/C14H18BrNOS/c1-18-12-6-4-11(5-7-12)13(17)16-14(10-15)8-2-3-9-14/h4-7H,2-3,8-10H2,1H3,(H,16,17). The fourth-order valence-electron chi connectivity index (χ4n) is 2.40. The van der Waals surface area contributed by atoms with Gasteiger partial charge in [-0.05, 0) is 43.4 Å². The Morgan fingerprint density at radius 2 is 1.94 bits per heavy atom. The van der Waals surface area contributed by atoms with Crippen LogP contribution in [0.2, 0.25) is 0 Å². The Morgan fingerprint density at radius 3 is 2.44 bits per heavy atom. The molecule has 1 N–H and O–H groups in total. The molecule has 0 heterocycles. The van der Waals surface area contributed by atoms with Crippen molar-refractivity contribution in [2.75, 3.05) is 11.6 Å². The van der Waals surface area contributed by atoms with E-state index in [9.17, 15) is 4.79 Å². The Bertz CT molecular complexity index is 412. The second kappa shape index (κ2) is 6.11. The first-order valence-electron chi connectivity index (χ1n) is 6.22. The van der Waals surface area contributed by atoms with Gasteiger partial charge in [0.2, 0.25) is 0 Å². The van der Waals surface area contributed by atoms with E-state index in [4.69, 9.17) is 0 Å². The lowest BCUT2D eigenvalue weighted by Gasteiger charge is -2.28. The van der Waals surface area contributed by atoms with Crippen molar-refractivity contribution in [3.8, 4) is 0 Å². The van der Waals surface area contributed by atoms with Crippen molar-refractivity contribution in [1.29, 1.82) is 0 Å². The van der Waals surface area contributed by atoms with Crippen LogP contribution in [-0.4, -0.2) is 23.0 Å². The molecule has 2 nitrogen and oxygen atoms in total. The Balaban J connectivity index is 2.06. The molecular formula is C14H18BrNOS. The molecule has 0 spiro atoms. The molecule has 0 bridgehead atoms. The van der Waals surface area contributed by atoms with E-state index in [1.54, 1.807) is 11.8 Å². The molecule has 0 radical (unpaired) electrons. The van der Waals surface area contributed by atoms with Crippen LogP contribution in [0.15, 0.2) is 29.2 Å². The summed E-state index contributed by atoms with van der Waals surface area (Å²) < 4.78 is 0. The maximum Gasteiger partial charge on any atom is 0.251 e. The van der Waals surface area contributed by atoms with Gasteiger partial charge in [-0.15, -0.1) is 11.8 Å². The zero-order chi connectivity index (χ0) is 13.0. The van der Waals surface area contributed by atoms with Gasteiger partial charge in [-0.3, -0.25) is 4.79 Å². The topological polar surface area (TPSA) is 29.1 Å². The molecule has 1 fully saturated rings. The first-order chi connectivity index (χ1) is 8.69. The normalized spacial score (nSPS) is 17.7. The third-order valence-corrected chi connectivity index (χ3v) is 5.36. The molecule has 1 aliphatic rings. The average molecular weight is 328 g/mol. The number of benzene rings is 1. The molecule has 1 aliphatic carbocycles. The molecule has 0 saturated heterocycles. The summed E-state index contributed by atoms with van der Waals surface area (Å²) in [4.78, 5) is 13.4. The second-order valence-electron chi connectivity index (χ2n) is 4.80. The molecule has 1 saturated carbocycles. The fraction of sp³-hybridized carbons (Fsp3) is 0.500. The Labute approximate surface area is 121 Å². The van der Waals surface area contributed by atoms with Crippen LogP contribution in [0.3, 0.4) is 0 Å². The summed E-state index contributed by atoms with van der Waals surface area (Å²) in [6, 6.07) is 7.79. The highest BCUT2D eigenvalue weighted by atomic mass is 79.9. The van der Waals surface area contributed by atoms with E-state index in [2.05, 4.69) is 21.2 Å². The van der Waals surface area contributed by atoms with Gasteiger partial charge in [0.15, 0.2) is 0 Å². The summed E-state index contributed by atoms with van der Waals surface area (Å²) in [5.41, 5.74) is 0.718. The average Bonchev–Trinajstić information content (AvgIpc) is 2.88. The number of hydrogen-bond acceptors (Lipinski definition) is 2. The molecule has 1 amide bonds. The molecule has 0 atom stereocenters. The predicted octanol–water partition coefficient (Wildman–Crippen LogP) is 3.85. The fourth-order valence-corrected chi connectivity index (χ4v) is 3.51. The Kier molecular flexibility index (Phi) is 4.73. The summed E-state index contributed by atoms with van der Waals surface area (Å²) >= 11 is 5.23. The van der Waals surface area contributed by atoms with E-state index >= 15 is 0 Å². The van der Waals surface area contributed by atoms with E-state index in [-0.39, 0.29) is 11.4 Å². The van der Waals surface area contributed by atoms with Crippen LogP contribution in [-0.2, 0) is 0 Å². The van der Waals surface area contributed by atoms with Crippen LogP contribution in [0.25, 0.3) is 0 Å². The number of thioether (sulfide) groups is 1. The van der Waals surface area contributed by atoms with Crippen molar-refractivity contribution >= 4 is 33.6 Å². The van der Waals surface area contributed by atoms with Crippen molar-refractivity contribution < 1.29 is 4.79 Å². The summed E-state index contributed by atoms with van der Waals surface area (Å²) in [5, 5.41) is 4.05. The molecular weight excluding hydrogens is 310 g/mol. The lowest BCUT2D eigenvalue weighted by atomic mass is 10.00. The zero-order valence-corrected chi connectivity index (χ0v) is 12.9. The molecule has 1 aromatic carbocycles. The second-order valence-corrected chi connectivity index (χ2v) is 6.24. The molecule has 4 heteroatoms. The predicted molar refractivity (Wildman–Crippen MR) is 80.7 cm³/mol. The van der Waals surface area contributed by atoms with E-state index in [1.165, 1.54) is 17.7 Å². The van der Waals surface area contributed by atoms with Crippen LogP contribution < -0.4 is 5.32 Å². The third kappa shape index (κ3) is 3.09. The van der Waals surface area contributed by atoms with E-state index in [1.807, 2.05) is 30.5 Å². The van der Waals surface area contributed by atoms with Gasteiger partial charge in [0, 0.05) is 15.8 Å². The maximum absolute atomic E-state index is 12.2. The van der Waals surface area contributed by atoms with E-state index < -0.39 is 0 Å². The van der Waals surface area contributed by atoms with Crippen LogP contribution >= 0.6 is 27.7 Å². The van der Waals surface area contributed by atoms with Gasteiger partial charge >= 0.3 is 0 Å². The number of carbonyl (C=O) groups excluding carboxylic acids is 1. The van der Waals surface area contributed by atoms with Crippen molar-refractivity contribution in [1.82, 2.24) is 5.32 Å². The summed E-state index contributed by atoms with van der Waals surface area (Å²) in [6.07, 6.45) is 6.60. The highest BCUT2D eigenvalue weighted by Gasteiger charge is 2.34. The summed E-state index contributed by atoms with van der Waals surface area (Å²) in [5.74, 6) is 0.0454. The van der Waals surface area contributed by atoms with Crippen molar-refractivity contribution in [2.45, 2.75) is 36.1 Å².